The summed E-state index contributed by atoms with van der Waals surface area (Å²) in [5.41, 5.74) is 0.561. The lowest BCUT2D eigenvalue weighted by Gasteiger charge is -2.23. The number of rotatable bonds is 3. The fourth-order valence-electron chi connectivity index (χ4n) is 1.64. The quantitative estimate of drug-likeness (QED) is 0.848. The van der Waals surface area contributed by atoms with Crippen LogP contribution in [0, 0.1) is 0 Å². The molecule has 0 aromatic carbocycles. The van der Waals surface area contributed by atoms with Crippen LogP contribution in [0.3, 0.4) is 0 Å². The van der Waals surface area contributed by atoms with Gasteiger partial charge in [0.1, 0.15) is 19.3 Å². The summed E-state index contributed by atoms with van der Waals surface area (Å²) in [7, 11) is 0. The number of hydrogen-bond acceptors (Lipinski definition) is 5. The zero-order valence-corrected chi connectivity index (χ0v) is 11.1. The van der Waals surface area contributed by atoms with Gasteiger partial charge in [0, 0.05) is 12.1 Å². The van der Waals surface area contributed by atoms with E-state index in [0.29, 0.717) is 37.1 Å². The van der Waals surface area contributed by atoms with Crippen LogP contribution in [0.4, 0.5) is 0 Å². The highest BCUT2D eigenvalue weighted by Gasteiger charge is 2.18. The Morgan fingerprint density at radius 3 is 2.78 bits per heavy atom. The molecular formula is C13H20N2O3. The Bertz CT molecular complexity index is 415. The maximum atomic E-state index is 10.1. The second-order valence-corrected chi connectivity index (χ2v) is 5.38. The Hall–Kier alpha value is -1.33. The van der Waals surface area contributed by atoms with Crippen LogP contribution < -0.4 is 14.8 Å². The number of ether oxygens (including phenoxy) is 2. The minimum Gasteiger partial charge on any atom is -0.484 e. The highest BCUT2D eigenvalue weighted by atomic mass is 16.6. The molecule has 1 aliphatic heterocycles. The molecule has 2 rings (SSSR count). The van der Waals surface area contributed by atoms with E-state index >= 15 is 0 Å². The maximum absolute atomic E-state index is 10.1. The third-order valence-corrected chi connectivity index (χ3v) is 2.59. The van der Waals surface area contributed by atoms with Crippen LogP contribution in [-0.2, 0) is 0 Å². The van der Waals surface area contributed by atoms with E-state index in [-0.39, 0.29) is 5.54 Å². The lowest BCUT2D eigenvalue weighted by Crippen LogP contribution is -2.38. The monoisotopic (exact) mass is 252 g/mol. The molecule has 1 aromatic heterocycles. The highest BCUT2D eigenvalue weighted by Crippen LogP contribution is 2.29. The maximum Gasteiger partial charge on any atom is 0.257 e. The lowest BCUT2D eigenvalue weighted by molar-refractivity contribution is 0.147. The second-order valence-electron chi connectivity index (χ2n) is 5.38. The summed E-state index contributed by atoms with van der Waals surface area (Å²) < 4.78 is 10.8. The van der Waals surface area contributed by atoms with Gasteiger partial charge in [0.05, 0.1) is 5.69 Å². The Kier molecular flexibility index (Phi) is 3.73. The Morgan fingerprint density at radius 2 is 2.06 bits per heavy atom. The molecule has 1 aromatic rings. The summed E-state index contributed by atoms with van der Waals surface area (Å²) in [6.07, 6.45) is -0.653. The van der Waals surface area contributed by atoms with Crippen molar-refractivity contribution in [3.05, 3.63) is 17.8 Å². The third kappa shape index (κ3) is 3.34. The zero-order chi connectivity index (χ0) is 13.2. The molecule has 5 nitrogen and oxygen atoms in total. The van der Waals surface area contributed by atoms with Crippen LogP contribution >= 0.6 is 0 Å². The van der Waals surface area contributed by atoms with Crippen molar-refractivity contribution in [2.75, 3.05) is 19.8 Å². The molecule has 2 heterocycles. The van der Waals surface area contributed by atoms with Gasteiger partial charge >= 0.3 is 0 Å². The van der Waals surface area contributed by atoms with E-state index in [1.54, 1.807) is 12.1 Å². The van der Waals surface area contributed by atoms with E-state index in [1.165, 1.54) is 0 Å². The van der Waals surface area contributed by atoms with Crippen molar-refractivity contribution in [2.45, 2.75) is 32.4 Å². The fraction of sp³-hybridized carbons (Fsp3) is 0.615. The predicted molar refractivity (Wildman–Crippen MR) is 67.9 cm³/mol. The van der Waals surface area contributed by atoms with Crippen molar-refractivity contribution in [3.8, 4) is 11.6 Å². The molecule has 0 saturated heterocycles. The first-order chi connectivity index (χ1) is 8.46. The summed E-state index contributed by atoms with van der Waals surface area (Å²) in [4.78, 5) is 4.28. The molecule has 0 aliphatic carbocycles. The van der Waals surface area contributed by atoms with Gasteiger partial charge in [0.15, 0.2) is 5.75 Å². The largest absolute Gasteiger partial charge is 0.484 e. The Labute approximate surface area is 107 Å². The molecule has 0 fully saturated rings. The van der Waals surface area contributed by atoms with Crippen molar-refractivity contribution in [1.29, 1.82) is 0 Å². The molecule has 2 N–H and O–H groups in total. The second kappa shape index (κ2) is 5.12. The van der Waals surface area contributed by atoms with Crippen molar-refractivity contribution in [1.82, 2.24) is 10.3 Å². The van der Waals surface area contributed by atoms with Crippen molar-refractivity contribution in [2.24, 2.45) is 0 Å². The van der Waals surface area contributed by atoms with Gasteiger partial charge in [-0.3, -0.25) is 0 Å². The van der Waals surface area contributed by atoms with E-state index in [9.17, 15) is 5.11 Å². The van der Waals surface area contributed by atoms with Crippen LogP contribution in [-0.4, -0.2) is 35.4 Å². The molecule has 1 aliphatic rings. The van der Waals surface area contributed by atoms with E-state index in [0.717, 1.165) is 0 Å². The Balaban J connectivity index is 2.04. The van der Waals surface area contributed by atoms with Crippen molar-refractivity contribution < 1.29 is 14.6 Å². The van der Waals surface area contributed by atoms with E-state index < -0.39 is 6.10 Å². The molecule has 0 spiro atoms. The molecule has 0 radical (unpaired) electrons. The van der Waals surface area contributed by atoms with E-state index in [4.69, 9.17) is 9.47 Å². The van der Waals surface area contributed by atoms with Crippen LogP contribution in [0.15, 0.2) is 12.1 Å². The number of nitrogens with zero attached hydrogens (tertiary/aromatic N) is 1. The van der Waals surface area contributed by atoms with Gasteiger partial charge in [-0.2, -0.15) is 0 Å². The number of fused-ring (bicyclic) bond motifs is 1. The summed E-state index contributed by atoms with van der Waals surface area (Å²) in [6.45, 7) is 7.66. The first-order valence-electron chi connectivity index (χ1n) is 6.15. The van der Waals surface area contributed by atoms with E-state index in [2.05, 4.69) is 31.1 Å². The van der Waals surface area contributed by atoms with Gasteiger partial charge < -0.3 is 19.9 Å². The van der Waals surface area contributed by atoms with Crippen LogP contribution in [0.5, 0.6) is 11.6 Å². The average Bonchev–Trinajstić information content (AvgIpc) is 2.34. The first-order valence-corrected chi connectivity index (χ1v) is 6.15. The number of β-amino-alcohol motifs (C(OH)–C–C–N with tert-alkyl or cyclic N) is 1. The predicted octanol–water partition coefficient (Wildman–Crippen LogP) is 1.27. The topological polar surface area (TPSA) is 63.6 Å². The van der Waals surface area contributed by atoms with Gasteiger partial charge in [-0.05, 0) is 32.9 Å². The van der Waals surface area contributed by atoms with Crippen molar-refractivity contribution >= 4 is 0 Å². The number of pyridine rings is 1. The number of hydrogen-bond donors (Lipinski definition) is 2. The lowest BCUT2D eigenvalue weighted by atomic mass is 10.1. The van der Waals surface area contributed by atoms with Gasteiger partial charge in [-0.1, -0.05) is 0 Å². The zero-order valence-electron chi connectivity index (χ0n) is 11.1. The fourth-order valence-corrected chi connectivity index (χ4v) is 1.64. The first kappa shape index (κ1) is 13.1. The highest BCUT2D eigenvalue weighted by molar-refractivity contribution is 5.36. The molecule has 5 heteroatoms. The van der Waals surface area contributed by atoms with Crippen LogP contribution in [0.25, 0.3) is 0 Å². The third-order valence-electron chi connectivity index (χ3n) is 2.59. The molecule has 18 heavy (non-hydrogen) atoms. The van der Waals surface area contributed by atoms with E-state index in [1.807, 2.05) is 0 Å². The minimum atomic E-state index is -0.653. The summed E-state index contributed by atoms with van der Waals surface area (Å²) in [5, 5.41) is 13.3. The number of aliphatic hydroxyl groups is 1. The van der Waals surface area contributed by atoms with Crippen LogP contribution in [0.2, 0.25) is 0 Å². The average molecular weight is 252 g/mol. The van der Waals surface area contributed by atoms with Crippen molar-refractivity contribution in [3.63, 3.8) is 0 Å². The molecule has 100 valence electrons. The van der Waals surface area contributed by atoms with Gasteiger partial charge in [0.25, 0.3) is 5.88 Å². The van der Waals surface area contributed by atoms with Gasteiger partial charge in [-0.15, -0.1) is 0 Å². The summed E-state index contributed by atoms with van der Waals surface area (Å²) in [6, 6.07) is 3.56. The molecule has 0 bridgehead atoms. The van der Waals surface area contributed by atoms with Gasteiger partial charge in [-0.25, -0.2) is 4.98 Å². The molecule has 0 unspecified atom stereocenters. The molecular weight excluding hydrogens is 232 g/mol. The Morgan fingerprint density at radius 1 is 1.33 bits per heavy atom. The van der Waals surface area contributed by atoms with Crippen LogP contribution in [0.1, 0.15) is 32.6 Å². The summed E-state index contributed by atoms with van der Waals surface area (Å²) >= 11 is 0. The normalized spacial score (nSPS) is 16.4. The standard InChI is InChI=1S/C13H20N2O3/c1-13(2,3)14-8-10(16)9-4-5-11-12(15-9)18-7-6-17-11/h4-5,10,14,16H,6-8H2,1-3H3/t10-/m0/s1. The molecule has 0 amide bonds. The smallest absolute Gasteiger partial charge is 0.257 e. The molecule has 0 saturated carbocycles. The molecule has 1 atom stereocenters. The number of nitrogens with one attached hydrogen (secondary N) is 1. The number of aromatic nitrogens is 1. The SMILES string of the molecule is CC(C)(C)NC[C@H](O)c1ccc2c(n1)OCCO2. The summed E-state index contributed by atoms with van der Waals surface area (Å²) in [5.74, 6) is 1.11. The van der Waals surface area contributed by atoms with Gasteiger partial charge in [0.2, 0.25) is 0 Å². The minimum absolute atomic E-state index is 0.0329. The number of aliphatic hydroxyl groups excluding tert-OH is 1.